The van der Waals surface area contributed by atoms with Gasteiger partial charge in [-0.1, -0.05) is 78.9 Å². The molecule has 0 N–H and O–H groups in total. The van der Waals surface area contributed by atoms with Gasteiger partial charge in [-0.2, -0.15) is 0 Å². The second kappa shape index (κ2) is 8.23. The molecule has 2 heteroatoms. The van der Waals surface area contributed by atoms with Crippen LogP contribution in [0.1, 0.15) is 49.7 Å². The number of benzene rings is 3. The third-order valence-electron chi connectivity index (χ3n) is 9.73. The van der Waals surface area contributed by atoms with E-state index in [9.17, 15) is 0 Å². The number of hydrogen-bond donors (Lipinski definition) is 0. The Bertz CT molecular complexity index is 1840. The molecule has 0 radical (unpaired) electrons. The molecule has 39 heavy (non-hydrogen) atoms. The van der Waals surface area contributed by atoms with Crippen LogP contribution < -0.4 is 4.90 Å². The van der Waals surface area contributed by atoms with Gasteiger partial charge in [0.1, 0.15) is 11.2 Å². The number of fused-ring (bicyclic) bond motifs is 8. The van der Waals surface area contributed by atoms with Crippen molar-refractivity contribution in [3.05, 3.63) is 125 Å². The van der Waals surface area contributed by atoms with Gasteiger partial charge in [-0.25, -0.2) is 0 Å². The van der Waals surface area contributed by atoms with Crippen LogP contribution in [0, 0.1) is 11.8 Å². The molecule has 4 aromatic rings. The van der Waals surface area contributed by atoms with Gasteiger partial charge in [0.25, 0.3) is 0 Å². The van der Waals surface area contributed by atoms with Gasteiger partial charge in [0.2, 0.25) is 0 Å². The molecular formula is C37H31NO. The van der Waals surface area contributed by atoms with E-state index in [1.54, 1.807) is 16.7 Å². The minimum absolute atomic E-state index is 0.360. The van der Waals surface area contributed by atoms with E-state index in [0.29, 0.717) is 17.9 Å². The van der Waals surface area contributed by atoms with Crippen molar-refractivity contribution < 1.29 is 4.42 Å². The predicted molar refractivity (Wildman–Crippen MR) is 161 cm³/mol. The summed E-state index contributed by atoms with van der Waals surface area (Å²) in [6, 6.07) is 24.5. The highest BCUT2D eigenvalue weighted by atomic mass is 16.3. The quantitative estimate of drug-likeness (QED) is 0.252. The maximum Gasteiger partial charge on any atom is 0.137 e. The van der Waals surface area contributed by atoms with Crippen molar-refractivity contribution in [2.45, 2.75) is 44.6 Å². The van der Waals surface area contributed by atoms with Gasteiger partial charge in [-0.05, 0) is 96.1 Å². The lowest BCUT2D eigenvalue weighted by Gasteiger charge is -2.30. The average Bonchev–Trinajstić information content (AvgIpc) is 3.74. The maximum absolute atomic E-state index is 6.29. The second-order valence-corrected chi connectivity index (χ2v) is 11.8. The summed E-state index contributed by atoms with van der Waals surface area (Å²) in [4.78, 5) is 2.63. The van der Waals surface area contributed by atoms with Crippen LogP contribution in [-0.4, -0.2) is 6.04 Å². The molecule has 3 atom stereocenters. The Labute approximate surface area is 229 Å². The summed E-state index contributed by atoms with van der Waals surface area (Å²) in [5.74, 6) is 0.976. The molecule has 1 aliphatic heterocycles. The Morgan fingerprint density at radius 2 is 1.69 bits per heavy atom. The summed E-state index contributed by atoms with van der Waals surface area (Å²) in [6.07, 6.45) is 19.8. The van der Waals surface area contributed by atoms with Crippen LogP contribution in [0.25, 0.3) is 33.1 Å². The maximum atomic E-state index is 6.29. The zero-order valence-corrected chi connectivity index (χ0v) is 22.1. The lowest BCUT2D eigenvalue weighted by atomic mass is 9.82. The van der Waals surface area contributed by atoms with Crippen molar-refractivity contribution >= 4 is 38.8 Å². The van der Waals surface area contributed by atoms with E-state index in [1.165, 1.54) is 64.5 Å². The molecule has 0 amide bonds. The minimum Gasteiger partial charge on any atom is -0.456 e. The van der Waals surface area contributed by atoms with E-state index in [0.717, 1.165) is 24.0 Å². The highest BCUT2D eigenvalue weighted by Gasteiger charge is 2.43. The first-order chi connectivity index (χ1) is 19.3. The van der Waals surface area contributed by atoms with Crippen molar-refractivity contribution in [1.29, 1.82) is 0 Å². The SMILES string of the molecule is C1=CC2C(CC1)C1=CC(/C=C3\C4=C(CCC4)c4ccccc43)CC=C1N2c1cccc2oc3ccccc3c12. The minimum atomic E-state index is 0.360. The molecule has 1 fully saturated rings. The first-order valence-electron chi connectivity index (χ1n) is 14.7. The normalized spacial score (nSPS) is 26.2. The highest BCUT2D eigenvalue weighted by Crippen LogP contribution is 2.53. The topological polar surface area (TPSA) is 16.4 Å². The van der Waals surface area contributed by atoms with Crippen LogP contribution in [0.2, 0.25) is 0 Å². The summed E-state index contributed by atoms with van der Waals surface area (Å²) in [6.45, 7) is 0. The number of hydrogen-bond acceptors (Lipinski definition) is 2. The molecule has 4 aliphatic carbocycles. The zero-order valence-electron chi connectivity index (χ0n) is 22.1. The summed E-state index contributed by atoms with van der Waals surface area (Å²) < 4.78 is 6.29. The Hall–Kier alpha value is -4.04. The number of furan rings is 1. The number of allylic oxidation sites excluding steroid dienone is 8. The van der Waals surface area contributed by atoms with E-state index in [1.807, 2.05) is 0 Å². The largest absolute Gasteiger partial charge is 0.456 e. The fourth-order valence-electron chi connectivity index (χ4n) is 8.13. The van der Waals surface area contributed by atoms with Crippen LogP contribution in [-0.2, 0) is 0 Å². The van der Waals surface area contributed by atoms with Gasteiger partial charge in [0, 0.05) is 17.0 Å². The van der Waals surface area contributed by atoms with E-state index in [-0.39, 0.29) is 0 Å². The Balaban J connectivity index is 1.16. The standard InChI is InChI=1S/C37H31NO/c1-2-10-26-24(9-1)25-13-7-14-27(25)30(26)21-23-19-20-33-31(22-23)28-11-3-5-15-32(28)38(33)34-16-8-18-36-37(34)29-12-4-6-17-35(29)39-36/h1-2,4-6,8-10,12,15-18,20-23,28,32H,3,7,11,13-14,19H2/b30-21-. The van der Waals surface area contributed by atoms with Crippen LogP contribution in [0.4, 0.5) is 5.69 Å². The fraction of sp³-hybridized carbons (Fsp3) is 0.243. The Kier molecular flexibility index (Phi) is 4.61. The number of para-hydroxylation sites is 1. The summed E-state index contributed by atoms with van der Waals surface area (Å²) in [5.41, 5.74) is 13.9. The summed E-state index contributed by atoms with van der Waals surface area (Å²) in [5, 5.41) is 2.44. The van der Waals surface area contributed by atoms with Crippen LogP contribution in [0.3, 0.4) is 0 Å². The summed E-state index contributed by atoms with van der Waals surface area (Å²) >= 11 is 0. The smallest absolute Gasteiger partial charge is 0.137 e. The molecular weight excluding hydrogens is 474 g/mol. The average molecular weight is 506 g/mol. The van der Waals surface area contributed by atoms with Gasteiger partial charge in [0.15, 0.2) is 0 Å². The lowest BCUT2D eigenvalue weighted by Crippen LogP contribution is -2.31. The molecule has 190 valence electrons. The fourth-order valence-corrected chi connectivity index (χ4v) is 8.13. The number of nitrogens with zero attached hydrogens (tertiary/aromatic N) is 1. The van der Waals surface area contributed by atoms with Crippen molar-refractivity contribution in [3.8, 4) is 0 Å². The van der Waals surface area contributed by atoms with Crippen molar-refractivity contribution in [2.24, 2.45) is 11.8 Å². The van der Waals surface area contributed by atoms with Crippen LogP contribution in [0.15, 0.2) is 118 Å². The highest BCUT2D eigenvalue weighted by molar-refractivity contribution is 6.12. The predicted octanol–water partition coefficient (Wildman–Crippen LogP) is 9.61. The first kappa shape index (κ1) is 21.8. The third-order valence-corrected chi connectivity index (χ3v) is 9.73. The van der Waals surface area contributed by atoms with Gasteiger partial charge in [-0.3, -0.25) is 0 Å². The van der Waals surface area contributed by atoms with E-state index in [4.69, 9.17) is 4.42 Å². The molecule has 5 aliphatic rings. The molecule has 0 saturated carbocycles. The Morgan fingerprint density at radius 3 is 2.67 bits per heavy atom. The number of anilines is 1. The van der Waals surface area contributed by atoms with Gasteiger partial charge >= 0.3 is 0 Å². The van der Waals surface area contributed by atoms with Gasteiger partial charge in [-0.15, -0.1) is 0 Å². The first-order valence-corrected chi connectivity index (χ1v) is 14.7. The monoisotopic (exact) mass is 505 g/mol. The molecule has 0 bridgehead atoms. The molecule has 3 unspecified atom stereocenters. The molecule has 9 rings (SSSR count). The molecule has 2 heterocycles. The van der Waals surface area contributed by atoms with Crippen molar-refractivity contribution in [3.63, 3.8) is 0 Å². The second-order valence-electron chi connectivity index (χ2n) is 11.8. The van der Waals surface area contributed by atoms with Crippen molar-refractivity contribution in [2.75, 3.05) is 4.90 Å². The third kappa shape index (κ3) is 3.09. The van der Waals surface area contributed by atoms with E-state index < -0.39 is 0 Å². The van der Waals surface area contributed by atoms with Crippen LogP contribution in [0.5, 0.6) is 0 Å². The van der Waals surface area contributed by atoms with E-state index >= 15 is 0 Å². The number of rotatable bonds is 2. The summed E-state index contributed by atoms with van der Waals surface area (Å²) in [7, 11) is 0. The molecule has 1 aromatic heterocycles. The molecule has 2 nitrogen and oxygen atoms in total. The van der Waals surface area contributed by atoms with E-state index in [2.05, 4.69) is 102 Å². The molecule has 3 aromatic carbocycles. The Morgan fingerprint density at radius 1 is 0.846 bits per heavy atom. The van der Waals surface area contributed by atoms with Crippen LogP contribution >= 0.6 is 0 Å². The lowest BCUT2D eigenvalue weighted by molar-refractivity contribution is 0.527. The zero-order chi connectivity index (χ0) is 25.5. The molecule has 0 spiro atoms. The van der Waals surface area contributed by atoms with Crippen molar-refractivity contribution in [1.82, 2.24) is 0 Å². The van der Waals surface area contributed by atoms with Gasteiger partial charge < -0.3 is 9.32 Å². The molecule has 1 saturated heterocycles. The van der Waals surface area contributed by atoms with Gasteiger partial charge in [0.05, 0.1) is 17.1 Å².